The van der Waals surface area contributed by atoms with Crippen molar-refractivity contribution in [1.82, 2.24) is 52.9 Å². The molecule has 9 aromatic carbocycles. The number of benzene rings is 9. The van der Waals surface area contributed by atoms with E-state index < -0.39 is 68.6 Å². The molecule has 0 bridgehead atoms. The maximum atomic E-state index is 12.6. The summed E-state index contributed by atoms with van der Waals surface area (Å²) >= 11 is 0. The Morgan fingerprint density at radius 1 is 0.398 bits per heavy atom. The molecule has 0 saturated heterocycles. The predicted molar refractivity (Wildman–Crippen MR) is 456 cm³/mol. The Bertz CT molecular complexity index is 5020. The summed E-state index contributed by atoms with van der Waals surface area (Å²) in [6, 6.07) is 60.4. The van der Waals surface area contributed by atoms with E-state index in [0.29, 0.717) is 62.9 Å². The molecule has 0 atom stereocenters. The molecule has 37 heteroatoms. The lowest BCUT2D eigenvalue weighted by Crippen LogP contribution is -2.42. The van der Waals surface area contributed by atoms with Crippen LogP contribution in [0.4, 0.5) is 0 Å². The third-order valence-electron chi connectivity index (χ3n) is 16.5. The molecule has 0 aliphatic carbocycles. The smallest absolute Gasteiger partial charge is 0.460 e. The Balaban J connectivity index is 0.000000388. The van der Waals surface area contributed by atoms with Gasteiger partial charge in [-0.3, -0.25) is 73.0 Å². The van der Waals surface area contributed by atoms with Crippen molar-refractivity contribution < 1.29 is 96.5 Å². The zero-order chi connectivity index (χ0) is 91.2. The van der Waals surface area contributed by atoms with Gasteiger partial charge in [-0.05, 0) is 186 Å². The van der Waals surface area contributed by atoms with Gasteiger partial charge in [0.1, 0.15) is 11.5 Å². The average molecular weight is 1710 g/mol. The Hall–Kier alpha value is -13.9. The number of nitrogens with one attached hydrogen (secondary N) is 6. The summed E-state index contributed by atoms with van der Waals surface area (Å²) in [4.78, 5) is 102. The number of aliphatic hydroxyl groups excluding tert-OH is 2. The minimum atomic E-state index is -1.93. The highest BCUT2D eigenvalue weighted by Crippen LogP contribution is 2.37. The first-order valence-electron chi connectivity index (χ1n) is 36.7. The van der Waals surface area contributed by atoms with Crippen molar-refractivity contribution in [1.29, 1.82) is 10.8 Å². The molecule has 2 aromatic heterocycles. The molecule has 2 heterocycles. The summed E-state index contributed by atoms with van der Waals surface area (Å²) in [6.07, 6.45) is -3.22. The number of para-hydroxylation sites is 2. The lowest BCUT2D eigenvalue weighted by molar-refractivity contribution is -0.119. The number of aromatic nitrogens is 4. The van der Waals surface area contributed by atoms with Crippen molar-refractivity contribution in [3.05, 3.63) is 296 Å². The Morgan fingerprint density at radius 3 is 1.07 bits per heavy atom. The summed E-state index contributed by atoms with van der Waals surface area (Å²) in [7, 11) is 0.671. The number of esters is 2. The van der Waals surface area contributed by atoms with Crippen molar-refractivity contribution in [3.63, 3.8) is 0 Å². The van der Waals surface area contributed by atoms with Gasteiger partial charge in [-0.25, -0.2) is 21.3 Å². The maximum Gasteiger partial charge on any atom is 0.460 e. The average Bonchev–Trinajstić information content (AvgIpc) is 1.76. The molecule has 0 aliphatic rings. The highest BCUT2D eigenvalue weighted by atomic mass is 31.2. The molecule has 123 heavy (non-hydrogen) atoms. The largest absolute Gasteiger partial charge is 0.465 e. The molecular formula is C86H103N16O20P. The van der Waals surface area contributed by atoms with Crippen LogP contribution in [0.5, 0.6) is 11.5 Å². The van der Waals surface area contributed by atoms with Crippen LogP contribution in [0.1, 0.15) is 199 Å². The Morgan fingerprint density at radius 2 is 0.715 bits per heavy atom. The predicted octanol–water partition coefficient (Wildman–Crippen LogP) is 10.0. The normalized spacial score (nSPS) is 10.4. The Labute approximate surface area is 711 Å². The topological polar surface area (TPSA) is 608 Å². The van der Waals surface area contributed by atoms with E-state index in [2.05, 4.69) is 96.2 Å². The molecule has 21 N–H and O–H groups in total. The second-order valence-corrected chi connectivity index (χ2v) is 29.8. The molecular weight excluding hydrogens is 1610 g/mol. The van der Waals surface area contributed by atoms with Crippen LogP contribution >= 0.6 is 8.60 Å². The van der Waals surface area contributed by atoms with Gasteiger partial charge < -0.3 is 58.2 Å². The van der Waals surface area contributed by atoms with E-state index in [1.54, 1.807) is 79.7 Å². The van der Waals surface area contributed by atoms with Gasteiger partial charge >= 0.3 is 20.5 Å². The van der Waals surface area contributed by atoms with E-state index in [9.17, 15) is 43.2 Å². The zero-order valence-electron chi connectivity index (χ0n) is 70.3. The summed E-state index contributed by atoms with van der Waals surface area (Å²) in [6.45, 7) is 25.2. The fraction of sp³-hybridized carbons (Fsp3) is 0.233. The molecule has 0 aliphatic heterocycles. The zero-order valence-corrected chi connectivity index (χ0v) is 71.1. The molecule has 0 saturated carbocycles. The van der Waals surface area contributed by atoms with Crippen molar-refractivity contribution in [2.45, 2.75) is 119 Å². The van der Waals surface area contributed by atoms with Gasteiger partial charge in [0.15, 0.2) is 12.6 Å². The van der Waals surface area contributed by atoms with Crippen molar-refractivity contribution in [2.75, 3.05) is 14.2 Å². The third-order valence-corrected chi connectivity index (χ3v) is 17.2. The number of hydrogen-bond donors (Lipinski definition) is 15. The van der Waals surface area contributed by atoms with Crippen LogP contribution in [-0.2, 0) is 30.5 Å². The molecule has 0 radical (unpaired) electrons. The van der Waals surface area contributed by atoms with Crippen LogP contribution in [0.2, 0.25) is 0 Å². The second-order valence-electron chi connectivity index (χ2n) is 28.9. The van der Waals surface area contributed by atoms with E-state index in [1.807, 2.05) is 133 Å². The number of aliphatic hydroxyl groups is 4. The number of ether oxygens (including phenoxy) is 2. The number of nitrogens with two attached hydrogens (primary N) is 4. The molecule has 11 aromatic rings. The summed E-state index contributed by atoms with van der Waals surface area (Å²) in [5.74, 6) is 17.3. The van der Waals surface area contributed by atoms with Crippen LogP contribution in [0.3, 0.4) is 0 Å². The SMILES string of the molecule is CC(=O)NNC(=O)c1cc(C(=O)NNC(=O)c2ccc(C)cc2)cc(C(C)(C)C)c1.CC(C)(C)c1cc(C(O)O)cc(C(O)O)c1.COC(=O)c1ccc(C(=O)OC)cc1.Cc1ccc(-c2nnc(-c3cc(-c4nnc(C)o4)cc(C(C)(C)C)c3)o2)cc1.N#N.NN.NNC(=O)c1ccc(C(=O)NN)cc1.O.OP(Oc1ccccc1)Oc1ccccc1. The van der Waals surface area contributed by atoms with Gasteiger partial charge in [-0.15, -0.1) is 20.4 Å². The van der Waals surface area contributed by atoms with Crippen molar-refractivity contribution in [3.8, 4) is 45.9 Å². The standard InChI is InChI=1S/C22H26N4O4.C22H22N4O2.C12H18O4.C12H11O3P.C10H10O4.C8H10N4O2.H4N2.N2.H2O/c1-13-6-8-15(9-7-13)19(28)25-26-21(30)17-10-16(20(29)24-23-14(2)27)11-18(12-17)22(3,4)5;1-13-6-8-15(9-7-13)19-25-26-21(28-19)17-10-16(20-24-23-14(2)27-20)11-18(12-17)22(3,4)5;1-12(2,3)9-5-7(10(13)14)4-8(6-9)11(15)16;13-16(14-11-7-3-1-4-8-11)15-12-9-5-2-6-10-12;1-13-9(11)7-3-5-8(6-4-7)10(12)14-2;9-11-7(13)5-1-2-6(4-3-5)8(14)12-10;2*1-2;/h6-12H,1-5H3,(H,23,27)(H,24,29)(H,25,28)(H,26,30);6-12H,1-5H3;4-6,10-11,13-16H,1-3H3;1-10,13H;3-6H,1-2H3;1-4H,9-10H2,(H,11,13)(H,12,14);1-2H2;;1H2. The van der Waals surface area contributed by atoms with Crippen LogP contribution in [0.25, 0.3) is 34.4 Å². The van der Waals surface area contributed by atoms with Crippen LogP contribution < -0.4 is 65.0 Å². The number of nitrogens with zero attached hydrogens (tertiary/aromatic N) is 6. The van der Waals surface area contributed by atoms with Crippen LogP contribution in [0.15, 0.2) is 221 Å². The Kier molecular flexibility index (Phi) is 42.2. The molecule has 11 rings (SSSR count). The molecule has 6 amide bonds. The molecule has 36 nitrogen and oxygen atoms in total. The number of hydrazine groups is 5. The van der Waals surface area contributed by atoms with E-state index in [1.165, 1.54) is 87.4 Å². The first kappa shape index (κ1) is 103. The minimum Gasteiger partial charge on any atom is -0.465 e. The lowest BCUT2D eigenvalue weighted by atomic mass is 9.85. The van der Waals surface area contributed by atoms with Crippen molar-refractivity contribution >= 4 is 56.0 Å². The van der Waals surface area contributed by atoms with Crippen LogP contribution in [-0.4, -0.2) is 113 Å². The van der Waals surface area contributed by atoms with E-state index in [-0.39, 0.29) is 44.0 Å². The van der Waals surface area contributed by atoms with Gasteiger partial charge in [-0.1, -0.05) is 146 Å². The highest BCUT2D eigenvalue weighted by Gasteiger charge is 2.25. The number of nitrogen functional groups attached to an aromatic ring is 2. The summed E-state index contributed by atoms with van der Waals surface area (Å²) in [5, 5.41) is 65.0. The lowest BCUT2D eigenvalue weighted by Gasteiger charge is -2.22. The first-order valence-corrected chi connectivity index (χ1v) is 37.8. The fourth-order valence-electron chi connectivity index (χ4n) is 9.86. The minimum absolute atomic E-state index is 0. The van der Waals surface area contributed by atoms with Gasteiger partial charge in [0.2, 0.25) is 29.5 Å². The van der Waals surface area contributed by atoms with E-state index in [4.69, 9.17) is 60.8 Å². The molecule has 0 unspecified atom stereocenters. The molecule has 0 spiro atoms. The number of carbonyl (C=O) groups excluding carboxylic acids is 8. The summed E-state index contributed by atoms with van der Waals surface area (Å²) in [5.41, 5.74) is 22.9. The van der Waals surface area contributed by atoms with Crippen LogP contribution in [0, 0.1) is 31.6 Å². The van der Waals surface area contributed by atoms with Gasteiger partial charge in [0.05, 0.1) is 25.3 Å². The second kappa shape index (κ2) is 50.2. The maximum absolute atomic E-state index is 12.6. The van der Waals surface area contributed by atoms with Gasteiger partial charge in [0.25, 0.3) is 29.5 Å². The summed E-state index contributed by atoms with van der Waals surface area (Å²) < 4.78 is 31.0. The van der Waals surface area contributed by atoms with E-state index >= 15 is 0 Å². The number of methoxy groups -OCH3 is 2. The number of aryl methyl sites for hydroxylation is 3. The van der Waals surface area contributed by atoms with Gasteiger partial charge in [0, 0.05) is 80.3 Å². The molecule has 0 fully saturated rings. The number of rotatable bonds is 16. The number of carbonyl (C=O) groups is 8. The fourth-order valence-corrected chi connectivity index (χ4v) is 10.5. The van der Waals surface area contributed by atoms with E-state index in [0.717, 1.165) is 38.9 Å². The highest BCUT2D eigenvalue weighted by molar-refractivity contribution is 7.41. The number of hydrogen-bond acceptors (Lipinski definition) is 29. The monoisotopic (exact) mass is 1710 g/mol. The number of amides is 6. The third kappa shape index (κ3) is 34.4. The quantitative estimate of drug-likeness (QED) is 0.00813. The first-order chi connectivity index (χ1) is 57.7. The molecule has 652 valence electrons. The van der Waals surface area contributed by atoms with Gasteiger partial charge in [-0.2, -0.15) is 0 Å². The van der Waals surface area contributed by atoms with Crippen molar-refractivity contribution in [2.24, 2.45) is 23.4 Å².